The summed E-state index contributed by atoms with van der Waals surface area (Å²) >= 11 is 0. The number of ether oxygens (including phenoxy) is 7. The van der Waals surface area contributed by atoms with E-state index < -0.39 is 59.0 Å². The lowest BCUT2D eigenvalue weighted by Crippen LogP contribution is -2.69. The van der Waals surface area contributed by atoms with Gasteiger partial charge in [0.25, 0.3) is 0 Å². The molecule has 0 radical (unpaired) electrons. The van der Waals surface area contributed by atoms with Crippen molar-refractivity contribution in [1.82, 2.24) is 0 Å². The number of rotatable bonds is 9. The van der Waals surface area contributed by atoms with E-state index in [-0.39, 0.29) is 29.9 Å². The van der Waals surface area contributed by atoms with Gasteiger partial charge in [0.15, 0.2) is 23.5 Å². The second-order valence-corrected chi connectivity index (χ2v) is 17.1. The fourth-order valence-electron chi connectivity index (χ4n) is 11.3. The van der Waals surface area contributed by atoms with E-state index in [0.29, 0.717) is 50.2 Å². The van der Waals surface area contributed by atoms with E-state index in [9.17, 15) is 13.2 Å². The van der Waals surface area contributed by atoms with E-state index in [1.165, 1.54) is 6.42 Å². The van der Waals surface area contributed by atoms with Crippen molar-refractivity contribution in [3.05, 3.63) is 11.3 Å². The molecule has 0 aromatic rings. The highest BCUT2D eigenvalue weighted by atomic mass is 19.4. The van der Waals surface area contributed by atoms with Crippen molar-refractivity contribution in [1.29, 1.82) is 0 Å². The molecule has 4 bridgehead atoms. The Balaban J connectivity index is 0.866. The standard InChI is InChI=1S/C37H55F3O9/c1-21-10-12-27-23(3)34(6,46-31-35(27)25(21)14-16-32(4,45-31)47-35)42-19-9-7-8-18-41-20-24-28-13-11-22(2)26-15-17-33(5)44-30(36(26,28)49-48-33)43-29(24)37(38,39)40/h21-23,25-28,30-31H,7-20H2,1-6H3/t21-,22-,23-,25+,26+,27+,28+,30-,31+,32-,33-,34+,35-,36-/m1/s1. The van der Waals surface area contributed by atoms with Crippen molar-refractivity contribution in [3.63, 3.8) is 0 Å². The summed E-state index contributed by atoms with van der Waals surface area (Å²) in [4.78, 5) is 11.8. The molecular weight excluding hydrogens is 645 g/mol. The summed E-state index contributed by atoms with van der Waals surface area (Å²) in [5.74, 6) is -2.50. The number of halogens is 3. The van der Waals surface area contributed by atoms with Crippen molar-refractivity contribution in [2.24, 2.45) is 41.4 Å². The molecular formula is C37H55F3O9. The second-order valence-electron chi connectivity index (χ2n) is 17.1. The minimum absolute atomic E-state index is 0.0489. The van der Waals surface area contributed by atoms with Crippen LogP contribution < -0.4 is 0 Å². The van der Waals surface area contributed by atoms with Crippen LogP contribution in [-0.2, 0) is 42.9 Å². The van der Waals surface area contributed by atoms with Gasteiger partial charge in [0.1, 0.15) is 5.60 Å². The third-order valence-corrected chi connectivity index (χ3v) is 14.1. The lowest BCUT2D eigenvalue weighted by Gasteiger charge is -2.60. The third kappa shape index (κ3) is 5.38. The van der Waals surface area contributed by atoms with Crippen LogP contribution in [0.3, 0.4) is 0 Å². The predicted octanol–water partition coefficient (Wildman–Crippen LogP) is 7.92. The van der Waals surface area contributed by atoms with E-state index >= 15 is 0 Å². The minimum atomic E-state index is -4.68. The molecule has 278 valence electrons. The molecule has 2 aliphatic carbocycles. The molecule has 7 aliphatic heterocycles. The quantitative estimate of drug-likeness (QED) is 0.176. The number of unbranched alkanes of at least 4 members (excludes halogenated alkanes) is 2. The lowest BCUT2D eigenvalue weighted by atomic mass is 9.56. The Kier molecular flexibility index (Phi) is 8.60. The Morgan fingerprint density at radius 1 is 0.714 bits per heavy atom. The second kappa shape index (κ2) is 12.0. The zero-order valence-corrected chi connectivity index (χ0v) is 29.9. The van der Waals surface area contributed by atoms with E-state index in [1.54, 1.807) is 6.92 Å². The predicted molar refractivity (Wildman–Crippen MR) is 168 cm³/mol. The van der Waals surface area contributed by atoms with Crippen LogP contribution in [0.5, 0.6) is 0 Å². The van der Waals surface area contributed by atoms with E-state index in [4.69, 9.17) is 42.9 Å². The summed E-state index contributed by atoms with van der Waals surface area (Å²) in [5.41, 5.74) is -1.44. The Hall–Kier alpha value is -0.990. The molecule has 8 fully saturated rings. The highest BCUT2D eigenvalue weighted by Crippen LogP contribution is 2.65. The first kappa shape index (κ1) is 35.1. The van der Waals surface area contributed by atoms with Gasteiger partial charge in [-0.2, -0.15) is 13.2 Å². The van der Waals surface area contributed by atoms with Gasteiger partial charge in [-0.05, 0) is 96.3 Å². The highest BCUT2D eigenvalue weighted by molar-refractivity contribution is 5.28. The van der Waals surface area contributed by atoms with Crippen LogP contribution in [-0.4, -0.2) is 67.1 Å². The third-order valence-electron chi connectivity index (χ3n) is 14.1. The Morgan fingerprint density at radius 3 is 2.14 bits per heavy atom. The molecule has 2 saturated carbocycles. The van der Waals surface area contributed by atoms with Gasteiger partial charge < -0.3 is 33.2 Å². The van der Waals surface area contributed by atoms with Crippen molar-refractivity contribution in [3.8, 4) is 0 Å². The fraction of sp³-hybridized carbons (Fsp3) is 0.946. The number of allylic oxidation sites excluding steroid dienone is 1. The number of fused-ring (bicyclic) bond motifs is 3. The van der Waals surface area contributed by atoms with E-state index in [0.717, 1.165) is 44.9 Å². The molecule has 0 N–H and O–H groups in total. The minimum Gasteiger partial charge on any atom is -0.456 e. The largest absolute Gasteiger partial charge is 0.456 e. The highest BCUT2D eigenvalue weighted by Gasteiger charge is 2.74. The number of alkyl halides is 3. The summed E-state index contributed by atoms with van der Waals surface area (Å²) in [6, 6.07) is 0. The van der Waals surface area contributed by atoms with Gasteiger partial charge in [-0.15, -0.1) is 0 Å². The summed E-state index contributed by atoms with van der Waals surface area (Å²) in [6.07, 6.45) is 2.76. The summed E-state index contributed by atoms with van der Waals surface area (Å²) in [5, 5.41) is 0. The summed E-state index contributed by atoms with van der Waals surface area (Å²) < 4.78 is 87.6. The smallest absolute Gasteiger partial charge is 0.449 e. The van der Waals surface area contributed by atoms with Gasteiger partial charge in [-0.25, -0.2) is 9.78 Å². The maximum Gasteiger partial charge on any atom is 0.449 e. The van der Waals surface area contributed by atoms with Crippen molar-refractivity contribution in [2.75, 3.05) is 19.8 Å². The van der Waals surface area contributed by atoms with Crippen molar-refractivity contribution >= 4 is 0 Å². The topological polar surface area (TPSA) is 83.1 Å². The van der Waals surface area contributed by atoms with Crippen LogP contribution in [0.4, 0.5) is 13.2 Å². The molecule has 9 aliphatic rings. The van der Waals surface area contributed by atoms with Crippen LogP contribution in [0, 0.1) is 41.4 Å². The van der Waals surface area contributed by atoms with Crippen LogP contribution in [0.15, 0.2) is 11.3 Å². The van der Waals surface area contributed by atoms with Crippen molar-refractivity contribution < 1.29 is 56.1 Å². The molecule has 9 nitrogen and oxygen atoms in total. The first-order valence-electron chi connectivity index (χ1n) is 18.9. The Labute approximate surface area is 288 Å². The summed E-state index contributed by atoms with van der Waals surface area (Å²) in [6.45, 7) is 13.1. The molecule has 0 unspecified atom stereocenters. The van der Waals surface area contributed by atoms with Crippen molar-refractivity contribution in [2.45, 2.75) is 159 Å². The van der Waals surface area contributed by atoms with Crippen LogP contribution in [0.2, 0.25) is 0 Å². The molecule has 7 heterocycles. The van der Waals surface area contributed by atoms with E-state index in [2.05, 4.69) is 20.8 Å². The molecule has 0 aromatic carbocycles. The molecule has 9 rings (SSSR count). The average molecular weight is 701 g/mol. The van der Waals surface area contributed by atoms with Gasteiger partial charge >= 0.3 is 6.18 Å². The van der Waals surface area contributed by atoms with Gasteiger partial charge in [0.05, 0.1) is 13.2 Å². The molecule has 0 aromatic heterocycles. The lowest BCUT2D eigenvalue weighted by molar-refractivity contribution is -0.557. The van der Waals surface area contributed by atoms with Gasteiger partial charge in [-0.3, -0.25) is 0 Å². The molecule has 0 amide bonds. The Morgan fingerprint density at radius 2 is 1.39 bits per heavy atom. The van der Waals surface area contributed by atoms with Crippen LogP contribution in [0.25, 0.3) is 0 Å². The monoisotopic (exact) mass is 700 g/mol. The van der Waals surface area contributed by atoms with Gasteiger partial charge in [-0.1, -0.05) is 20.8 Å². The average Bonchev–Trinajstić information content (AvgIpc) is 3.13. The van der Waals surface area contributed by atoms with Crippen LogP contribution >= 0.6 is 0 Å². The maximum absolute atomic E-state index is 14.5. The molecule has 14 atom stereocenters. The normalized spacial score (nSPS) is 51.6. The molecule has 6 saturated heterocycles. The maximum atomic E-state index is 14.5. The number of hydrogen-bond acceptors (Lipinski definition) is 9. The first-order valence-corrected chi connectivity index (χ1v) is 18.9. The van der Waals surface area contributed by atoms with Crippen LogP contribution in [0.1, 0.15) is 112 Å². The first-order chi connectivity index (χ1) is 23.1. The zero-order valence-electron chi connectivity index (χ0n) is 29.9. The zero-order chi connectivity index (χ0) is 34.6. The molecule has 12 heteroatoms. The Bertz CT molecular complexity index is 1310. The van der Waals surface area contributed by atoms with Gasteiger partial charge in [0, 0.05) is 48.7 Å². The van der Waals surface area contributed by atoms with E-state index in [1.807, 2.05) is 13.8 Å². The SMILES string of the molecule is C[C@@H]1CC[C@H]2[C@@H](C)[C@@](C)(OCCCCCOCC3=C(C(F)(F)F)O[C@@H]4O[C@@]5(C)CC[C@H]6[C@H](C)CC[C@@H]3[C@@]46OO5)O[C@@H]3O[C@@]4(C)CC[C@@H]1[C@]32O4. The fourth-order valence-corrected chi connectivity index (χ4v) is 11.3. The number of hydrogen-bond donors (Lipinski definition) is 0. The summed E-state index contributed by atoms with van der Waals surface area (Å²) in [7, 11) is 0. The van der Waals surface area contributed by atoms with Gasteiger partial charge in [0.2, 0.25) is 17.8 Å². The molecule has 2 spiro atoms. The molecule has 49 heavy (non-hydrogen) atoms.